The van der Waals surface area contributed by atoms with Gasteiger partial charge in [-0.3, -0.25) is 14.4 Å². The lowest BCUT2D eigenvalue weighted by Crippen LogP contribution is -2.25. The van der Waals surface area contributed by atoms with Crippen LogP contribution in [-0.4, -0.2) is 30.3 Å². The number of hydrogen-bond donors (Lipinski definition) is 0. The first-order valence-electron chi connectivity index (χ1n) is 8.82. The van der Waals surface area contributed by atoms with Crippen molar-refractivity contribution in [2.24, 2.45) is 0 Å². The quantitative estimate of drug-likeness (QED) is 0.560. The molecule has 1 amide bonds. The second-order valence-corrected chi connectivity index (χ2v) is 6.93. The third-order valence-electron chi connectivity index (χ3n) is 4.48. The second-order valence-electron chi connectivity index (χ2n) is 6.50. The molecule has 6 heteroatoms. The third-order valence-corrected chi connectivity index (χ3v) is 4.73. The number of amides is 1. The van der Waals surface area contributed by atoms with E-state index in [9.17, 15) is 14.4 Å². The van der Waals surface area contributed by atoms with Crippen molar-refractivity contribution >= 4 is 34.9 Å². The Kier molecular flexibility index (Phi) is 5.91. The van der Waals surface area contributed by atoms with Crippen molar-refractivity contribution in [1.82, 2.24) is 0 Å². The molecule has 0 radical (unpaired) electrons. The lowest BCUT2D eigenvalue weighted by molar-refractivity contribution is -0.145. The van der Waals surface area contributed by atoms with Gasteiger partial charge in [0.15, 0.2) is 6.10 Å². The molecule has 3 rings (SSSR count). The molecule has 2 aromatic carbocycles. The van der Waals surface area contributed by atoms with Crippen LogP contribution in [0, 0.1) is 0 Å². The van der Waals surface area contributed by atoms with E-state index in [1.165, 1.54) is 0 Å². The fraction of sp³-hybridized carbons (Fsp3) is 0.286. The van der Waals surface area contributed by atoms with Crippen molar-refractivity contribution < 1.29 is 19.1 Å². The van der Waals surface area contributed by atoms with Gasteiger partial charge in [0.05, 0.1) is 6.42 Å². The van der Waals surface area contributed by atoms with Crippen LogP contribution in [0.15, 0.2) is 48.5 Å². The summed E-state index contributed by atoms with van der Waals surface area (Å²) >= 11 is 5.81. The largest absolute Gasteiger partial charge is 0.454 e. The zero-order chi connectivity index (χ0) is 19.4. The van der Waals surface area contributed by atoms with Gasteiger partial charge in [0.1, 0.15) is 0 Å². The van der Waals surface area contributed by atoms with E-state index in [2.05, 4.69) is 0 Å². The Hall–Kier alpha value is -2.66. The number of anilines is 1. The van der Waals surface area contributed by atoms with E-state index < -0.39 is 12.1 Å². The highest BCUT2D eigenvalue weighted by molar-refractivity contribution is 6.30. The fourth-order valence-electron chi connectivity index (χ4n) is 3.02. The van der Waals surface area contributed by atoms with Gasteiger partial charge >= 0.3 is 5.97 Å². The standard InChI is InChI=1S/C21H20ClNO4/c1-14(21(26)16-6-8-17(22)9-7-16)27-20(25)13-15-4-10-18(11-5-15)23-12-2-3-19(23)24/h4-11,14H,2-3,12-13H2,1H3. The molecular formula is C21H20ClNO4. The molecule has 1 fully saturated rings. The topological polar surface area (TPSA) is 63.7 Å². The summed E-state index contributed by atoms with van der Waals surface area (Å²) in [4.78, 5) is 38.0. The van der Waals surface area contributed by atoms with Crippen LogP contribution < -0.4 is 4.90 Å². The van der Waals surface area contributed by atoms with E-state index in [1.807, 2.05) is 12.1 Å². The number of hydrogen-bond acceptors (Lipinski definition) is 4. The summed E-state index contributed by atoms with van der Waals surface area (Å²) in [5.41, 5.74) is 2.04. The van der Waals surface area contributed by atoms with Crippen LogP contribution in [0.4, 0.5) is 5.69 Å². The monoisotopic (exact) mass is 385 g/mol. The highest BCUT2D eigenvalue weighted by atomic mass is 35.5. The maximum atomic E-state index is 12.3. The second kappa shape index (κ2) is 8.35. The van der Waals surface area contributed by atoms with E-state index in [0.29, 0.717) is 17.0 Å². The zero-order valence-corrected chi connectivity index (χ0v) is 15.7. The predicted octanol–water partition coefficient (Wildman–Crippen LogP) is 3.82. The van der Waals surface area contributed by atoms with E-state index >= 15 is 0 Å². The molecule has 1 aliphatic heterocycles. The summed E-state index contributed by atoms with van der Waals surface area (Å²) in [7, 11) is 0. The number of rotatable bonds is 6. The minimum atomic E-state index is -0.875. The number of Topliss-reactive ketones (excluding diaryl/α,β-unsaturated/α-hetero) is 1. The summed E-state index contributed by atoms with van der Waals surface area (Å²) in [6, 6.07) is 13.7. The van der Waals surface area contributed by atoms with Crippen molar-refractivity contribution in [1.29, 1.82) is 0 Å². The molecule has 5 nitrogen and oxygen atoms in total. The molecule has 0 spiro atoms. The van der Waals surface area contributed by atoms with Crippen LogP contribution in [0.25, 0.3) is 0 Å². The summed E-state index contributed by atoms with van der Waals surface area (Å²) in [5, 5.41) is 0.537. The number of ketones is 1. The first-order chi connectivity index (χ1) is 12.9. The Balaban J connectivity index is 1.56. The van der Waals surface area contributed by atoms with Gasteiger partial charge in [-0.2, -0.15) is 0 Å². The summed E-state index contributed by atoms with van der Waals surface area (Å²) < 4.78 is 5.26. The highest BCUT2D eigenvalue weighted by Crippen LogP contribution is 2.22. The Morgan fingerprint density at radius 2 is 1.78 bits per heavy atom. The van der Waals surface area contributed by atoms with Crippen LogP contribution in [0.2, 0.25) is 5.02 Å². The lowest BCUT2D eigenvalue weighted by Gasteiger charge is -2.16. The van der Waals surface area contributed by atoms with Crippen LogP contribution in [0.5, 0.6) is 0 Å². The maximum absolute atomic E-state index is 12.3. The fourth-order valence-corrected chi connectivity index (χ4v) is 3.15. The van der Waals surface area contributed by atoms with Crippen LogP contribution in [-0.2, 0) is 20.7 Å². The molecular weight excluding hydrogens is 366 g/mol. The number of ether oxygens (including phenoxy) is 1. The number of nitrogens with zero attached hydrogens (tertiary/aromatic N) is 1. The first kappa shape index (κ1) is 19.1. The number of halogens is 1. The van der Waals surface area contributed by atoms with Gasteiger partial charge in [0.25, 0.3) is 0 Å². The zero-order valence-electron chi connectivity index (χ0n) is 15.0. The van der Waals surface area contributed by atoms with Gasteiger partial charge in [-0.1, -0.05) is 23.7 Å². The highest BCUT2D eigenvalue weighted by Gasteiger charge is 2.22. The smallest absolute Gasteiger partial charge is 0.310 e. The SMILES string of the molecule is CC(OC(=O)Cc1ccc(N2CCCC2=O)cc1)C(=O)c1ccc(Cl)cc1. The Morgan fingerprint density at radius 3 is 2.37 bits per heavy atom. The number of carbonyl (C=O) groups excluding carboxylic acids is 3. The lowest BCUT2D eigenvalue weighted by atomic mass is 10.1. The first-order valence-corrected chi connectivity index (χ1v) is 9.20. The van der Waals surface area contributed by atoms with E-state index in [1.54, 1.807) is 48.2 Å². The van der Waals surface area contributed by atoms with Crippen LogP contribution in [0.1, 0.15) is 35.7 Å². The van der Waals surface area contributed by atoms with Gasteiger partial charge in [-0.05, 0) is 55.3 Å². The normalized spacial score (nSPS) is 14.9. The van der Waals surface area contributed by atoms with Crippen molar-refractivity contribution in [3.05, 3.63) is 64.7 Å². The summed E-state index contributed by atoms with van der Waals surface area (Å²) in [6.45, 7) is 2.28. The van der Waals surface area contributed by atoms with Crippen LogP contribution >= 0.6 is 11.6 Å². The molecule has 1 saturated heterocycles. The average molecular weight is 386 g/mol. The molecule has 0 saturated carbocycles. The molecule has 27 heavy (non-hydrogen) atoms. The van der Waals surface area contributed by atoms with Gasteiger partial charge < -0.3 is 9.64 Å². The molecule has 140 valence electrons. The summed E-state index contributed by atoms with van der Waals surface area (Å²) in [6.07, 6.45) is 0.632. The van der Waals surface area contributed by atoms with Crippen molar-refractivity contribution in [3.63, 3.8) is 0 Å². The maximum Gasteiger partial charge on any atom is 0.310 e. The molecule has 1 heterocycles. The molecule has 1 aliphatic rings. The Bertz CT molecular complexity index is 845. The molecule has 0 aromatic heterocycles. The Labute approximate surface area is 162 Å². The third kappa shape index (κ3) is 4.74. The van der Waals surface area contributed by atoms with Gasteiger partial charge in [-0.25, -0.2) is 0 Å². The molecule has 0 aliphatic carbocycles. The van der Waals surface area contributed by atoms with Crippen molar-refractivity contribution in [3.8, 4) is 0 Å². The molecule has 1 unspecified atom stereocenters. The predicted molar refractivity (Wildman–Crippen MR) is 103 cm³/mol. The number of carbonyl (C=O) groups is 3. The molecule has 1 atom stereocenters. The van der Waals surface area contributed by atoms with Gasteiger partial charge in [0, 0.05) is 29.2 Å². The van der Waals surface area contributed by atoms with Gasteiger partial charge in [-0.15, -0.1) is 0 Å². The van der Waals surface area contributed by atoms with E-state index in [-0.39, 0.29) is 18.1 Å². The number of esters is 1. The average Bonchev–Trinajstić information content (AvgIpc) is 3.08. The van der Waals surface area contributed by atoms with E-state index in [4.69, 9.17) is 16.3 Å². The number of benzene rings is 2. The minimum absolute atomic E-state index is 0.0620. The Morgan fingerprint density at radius 1 is 1.11 bits per heavy atom. The van der Waals surface area contributed by atoms with Crippen LogP contribution in [0.3, 0.4) is 0 Å². The van der Waals surface area contributed by atoms with Crippen molar-refractivity contribution in [2.75, 3.05) is 11.4 Å². The van der Waals surface area contributed by atoms with Gasteiger partial charge in [0.2, 0.25) is 11.7 Å². The molecule has 0 bridgehead atoms. The molecule has 2 aromatic rings. The van der Waals surface area contributed by atoms with Crippen molar-refractivity contribution in [2.45, 2.75) is 32.3 Å². The van der Waals surface area contributed by atoms with E-state index in [0.717, 1.165) is 24.2 Å². The summed E-state index contributed by atoms with van der Waals surface area (Å²) in [5.74, 6) is -0.630. The molecule has 0 N–H and O–H groups in total. The minimum Gasteiger partial charge on any atom is -0.454 e.